The van der Waals surface area contributed by atoms with Crippen LogP contribution < -0.4 is 0 Å². The summed E-state index contributed by atoms with van der Waals surface area (Å²) >= 11 is 0. The number of hydrogen-bond donors (Lipinski definition) is 1. The molecule has 0 saturated carbocycles. The van der Waals surface area contributed by atoms with Gasteiger partial charge in [0.15, 0.2) is 0 Å². The quantitative estimate of drug-likeness (QED) is 0.321. The molecule has 1 amide bonds. The minimum Gasteiger partial charge on any atom is -0.469 e. The lowest BCUT2D eigenvalue weighted by Crippen LogP contribution is -2.32. The number of nitrogens with zero attached hydrogens (tertiary/aromatic N) is 2. The number of hydrogen-bond acceptors (Lipinski definition) is 4. The predicted octanol–water partition coefficient (Wildman–Crippen LogP) is 4.40. The van der Waals surface area contributed by atoms with E-state index in [0.29, 0.717) is 19.4 Å². The zero-order valence-corrected chi connectivity index (χ0v) is 19.1. The molecule has 1 N–H and O–H groups in total. The van der Waals surface area contributed by atoms with Crippen LogP contribution in [0.25, 0.3) is 11.3 Å². The standard InChI is InChI=1S/C26H34N2O4/c1-27-17-8-11-23(27)20-9-7-10-21(19-20)24(29)15-13-22-14-16-25(30)28(22)18-6-4-3-5-12-26(31)32-2/h7-11,13,15,17,19,22,24,29H,3-6,12,14,16,18H2,1-2H3. The summed E-state index contributed by atoms with van der Waals surface area (Å²) in [5, 5.41) is 10.7. The number of aryl methyl sites for hydroxylation is 1. The SMILES string of the molecule is COC(=O)CCCCCCN1C(=O)CCC1C=CC(O)c1cccc(-c2cccn2C)c1. The van der Waals surface area contributed by atoms with E-state index in [0.717, 1.165) is 48.9 Å². The van der Waals surface area contributed by atoms with Crippen LogP contribution in [-0.2, 0) is 21.4 Å². The molecule has 3 rings (SSSR count). The summed E-state index contributed by atoms with van der Waals surface area (Å²) in [7, 11) is 3.41. The molecule has 0 bridgehead atoms. The molecule has 1 aromatic carbocycles. The highest BCUT2D eigenvalue weighted by Crippen LogP contribution is 2.26. The van der Waals surface area contributed by atoms with Gasteiger partial charge in [0.05, 0.1) is 19.3 Å². The molecule has 2 unspecified atom stereocenters. The van der Waals surface area contributed by atoms with Crippen molar-refractivity contribution in [2.45, 2.75) is 57.1 Å². The number of aromatic nitrogens is 1. The molecule has 1 aromatic heterocycles. The van der Waals surface area contributed by atoms with Crippen molar-refractivity contribution in [1.29, 1.82) is 0 Å². The number of aliphatic hydroxyl groups is 1. The first-order valence-electron chi connectivity index (χ1n) is 11.4. The maximum Gasteiger partial charge on any atom is 0.305 e. The Morgan fingerprint density at radius 2 is 2.03 bits per heavy atom. The Morgan fingerprint density at radius 1 is 1.22 bits per heavy atom. The summed E-state index contributed by atoms with van der Waals surface area (Å²) in [5.74, 6) is 0.00655. The molecule has 6 nitrogen and oxygen atoms in total. The van der Waals surface area contributed by atoms with Gasteiger partial charge in [-0.15, -0.1) is 0 Å². The summed E-state index contributed by atoms with van der Waals surface area (Å²) in [5.41, 5.74) is 3.00. The molecule has 0 aliphatic carbocycles. The smallest absolute Gasteiger partial charge is 0.305 e. The van der Waals surface area contributed by atoms with Crippen LogP contribution in [0.3, 0.4) is 0 Å². The summed E-state index contributed by atoms with van der Waals surface area (Å²) in [4.78, 5) is 25.4. The van der Waals surface area contributed by atoms with Gasteiger partial charge in [-0.2, -0.15) is 0 Å². The van der Waals surface area contributed by atoms with Gasteiger partial charge >= 0.3 is 5.97 Å². The van der Waals surface area contributed by atoms with Gasteiger partial charge in [-0.05, 0) is 48.6 Å². The summed E-state index contributed by atoms with van der Waals surface area (Å²) in [6.07, 6.45) is 10.5. The average molecular weight is 439 g/mol. The third-order valence-electron chi connectivity index (χ3n) is 6.12. The van der Waals surface area contributed by atoms with Crippen molar-refractivity contribution in [3.63, 3.8) is 0 Å². The van der Waals surface area contributed by atoms with E-state index >= 15 is 0 Å². The van der Waals surface area contributed by atoms with Crippen LogP contribution >= 0.6 is 0 Å². The summed E-state index contributed by atoms with van der Waals surface area (Å²) < 4.78 is 6.71. The third kappa shape index (κ3) is 6.33. The van der Waals surface area contributed by atoms with Crippen molar-refractivity contribution in [3.8, 4) is 11.3 Å². The molecular weight excluding hydrogens is 404 g/mol. The average Bonchev–Trinajstić information content (AvgIpc) is 3.39. The topological polar surface area (TPSA) is 71.8 Å². The van der Waals surface area contributed by atoms with E-state index in [9.17, 15) is 14.7 Å². The maximum absolute atomic E-state index is 12.3. The minimum absolute atomic E-state index is 0.0308. The Bertz CT molecular complexity index is 933. The lowest BCUT2D eigenvalue weighted by molar-refractivity contribution is -0.140. The monoisotopic (exact) mass is 438 g/mol. The second-order valence-corrected chi connectivity index (χ2v) is 8.39. The Morgan fingerprint density at radius 3 is 2.78 bits per heavy atom. The van der Waals surface area contributed by atoms with E-state index in [1.807, 2.05) is 54.6 Å². The number of aliphatic hydroxyl groups excluding tert-OH is 1. The molecule has 0 radical (unpaired) electrons. The van der Waals surface area contributed by atoms with E-state index in [-0.39, 0.29) is 17.9 Å². The van der Waals surface area contributed by atoms with Crippen molar-refractivity contribution in [2.24, 2.45) is 7.05 Å². The van der Waals surface area contributed by atoms with Gasteiger partial charge in [0.2, 0.25) is 5.91 Å². The fourth-order valence-electron chi connectivity index (χ4n) is 4.24. The second-order valence-electron chi connectivity index (χ2n) is 8.39. The number of rotatable bonds is 11. The number of methoxy groups -OCH3 is 1. The molecule has 1 aliphatic heterocycles. The first-order chi connectivity index (χ1) is 15.5. The van der Waals surface area contributed by atoms with E-state index in [1.54, 1.807) is 6.08 Å². The van der Waals surface area contributed by atoms with Gasteiger partial charge in [0.25, 0.3) is 0 Å². The first kappa shape index (κ1) is 23.8. The zero-order valence-electron chi connectivity index (χ0n) is 19.1. The molecule has 1 fully saturated rings. The Kier molecular flexibility index (Phi) is 8.68. The second kappa shape index (κ2) is 11.7. The van der Waals surface area contributed by atoms with Crippen LogP contribution in [0.1, 0.15) is 56.6 Å². The highest BCUT2D eigenvalue weighted by Gasteiger charge is 2.28. The Balaban J connectivity index is 1.52. The number of likely N-dealkylation sites (tertiary alicyclic amines) is 1. The number of unbranched alkanes of at least 4 members (excludes halogenated alkanes) is 3. The Labute approximate surface area is 190 Å². The van der Waals surface area contributed by atoms with Crippen LogP contribution in [0.5, 0.6) is 0 Å². The zero-order chi connectivity index (χ0) is 22.9. The van der Waals surface area contributed by atoms with Gasteiger partial charge in [-0.1, -0.05) is 43.2 Å². The highest BCUT2D eigenvalue weighted by molar-refractivity contribution is 5.79. The molecule has 1 saturated heterocycles. The predicted molar refractivity (Wildman–Crippen MR) is 125 cm³/mol. The minimum atomic E-state index is -0.717. The number of benzene rings is 1. The number of carbonyl (C=O) groups is 2. The van der Waals surface area contributed by atoms with Crippen LogP contribution in [0, 0.1) is 0 Å². The lowest BCUT2D eigenvalue weighted by atomic mass is 10.0. The van der Waals surface area contributed by atoms with Crippen LogP contribution in [0.2, 0.25) is 0 Å². The lowest BCUT2D eigenvalue weighted by Gasteiger charge is -2.22. The van der Waals surface area contributed by atoms with E-state index in [4.69, 9.17) is 0 Å². The largest absolute Gasteiger partial charge is 0.469 e. The summed E-state index contributed by atoms with van der Waals surface area (Å²) in [6.45, 7) is 0.713. The number of esters is 1. The fourth-order valence-corrected chi connectivity index (χ4v) is 4.24. The molecule has 2 heterocycles. The van der Waals surface area contributed by atoms with Gasteiger partial charge in [0, 0.05) is 38.3 Å². The Hall–Kier alpha value is -2.86. The van der Waals surface area contributed by atoms with Gasteiger partial charge in [-0.25, -0.2) is 0 Å². The van der Waals surface area contributed by atoms with Gasteiger partial charge < -0.3 is 19.3 Å². The number of carbonyl (C=O) groups excluding carboxylic acids is 2. The van der Waals surface area contributed by atoms with Crippen molar-refractivity contribution in [3.05, 3.63) is 60.3 Å². The molecule has 32 heavy (non-hydrogen) atoms. The van der Waals surface area contributed by atoms with Crippen LogP contribution in [0.15, 0.2) is 54.7 Å². The van der Waals surface area contributed by atoms with Crippen molar-refractivity contribution < 1.29 is 19.4 Å². The molecule has 0 spiro atoms. The molecule has 1 aliphatic rings. The normalized spacial score (nSPS) is 17.3. The maximum atomic E-state index is 12.3. The summed E-state index contributed by atoms with van der Waals surface area (Å²) in [6, 6.07) is 12.0. The highest BCUT2D eigenvalue weighted by atomic mass is 16.5. The van der Waals surface area contributed by atoms with Gasteiger partial charge in [0.1, 0.15) is 0 Å². The molecular formula is C26H34N2O4. The number of amides is 1. The van der Waals surface area contributed by atoms with Gasteiger partial charge in [-0.3, -0.25) is 9.59 Å². The fraction of sp³-hybridized carbons (Fsp3) is 0.462. The molecule has 2 atom stereocenters. The number of ether oxygens (including phenoxy) is 1. The van der Waals surface area contributed by atoms with E-state index < -0.39 is 6.10 Å². The van der Waals surface area contributed by atoms with E-state index in [2.05, 4.69) is 15.4 Å². The molecule has 172 valence electrons. The van der Waals surface area contributed by atoms with Crippen LogP contribution in [0.4, 0.5) is 0 Å². The van der Waals surface area contributed by atoms with Crippen molar-refractivity contribution in [1.82, 2.24) is 9.47 Å². The molecule has 6 heteroatoms. The first-order valence-corrected chi connectivity index (χ1v) is 11.4. The van der Waals surface area contributed by atoms with Crippen molar-refractivity contribution >= 4 is 11.9 Å². The van der Waals surface area contributed by atoms with Crippen molar-refractivity contribution in [2.75, 3.05) is 13.7 Å². The third-order valence-corrected chi connectivity index (χ3v) is 6.12. The van der Waals surface area contributed by atoms with E-state index in [1.165, 1.54) is 7.11 Å². The molecule has 2 aromatic rings. The van der Waals surface area contributed by atoms with Crippen LogP contribution in [-0.4, -0.2) is 46.1 Å².